The predicted molar refractivity (Wildman–Crippen MR) is 74.2 cm³/mol. The Morgan fingerprint density at radius 1 is 1.62 bits per heavy atom. The Morgan fingerprint density at radius 2 is 2.48 bits per heavy atom. The number of aromatic nitrogens is 3. The normalized spacial score (nSPS) is 19.8. The molecule has 21 heavy (non-hydrogen) atoms. The minimum Gasteiger partial charge on any atom is -0.468 e. The summed E-state index contributed by atoms with van der Waals surface area (Å²) in [6, 6.07) is 0.974. The van der Waals surface area contributed by atoms with E-state index in [1.807, 2.05) is 4.90 Å². The van der Waals surface area contributed by atoms with Crippen molar-refractivity contribution < 1.29 is 14.3 Å². The molecule has 1 atom stereocenters. The summed E-state index contributed by atoms with van der Waals surface area (Å²) in [5.74, 6) is -0.342. The van der Waals surface area contributed by atoms with Crippen molar-refractivity contribution >= 4 is 22.3 Å². The Balaban J connectivity index is 1.85. The molecule has 0 N–H and O–H groups in total. The van der Waals surface area contributed by atoms with E-state index in [-0.39, 0.29) is 18.1 Å². The molecule has 1 aliphatic heterocycles. The van der Waals surface area contributed by atoms with Crippen molar-refractivity contribution in [1.29, 1.82) is 0 Å². The molecule has 0 aromatic carbocycles. The summed E-state index contributed by atoms with van der Waals surface area (Å²) in [5, 5.41) is 3.92. The molecular weight excluding hydrogens is 296 g/mol. The Kier molecular flexibility index (Phi) is 3.95. The standard InChI is InChI=1S/C12H14N4O4S/c1-19-11(18)9-6-20-3-2-15(9)5-8-4-10(17)16-12(14-8)21-7-13-16/h4,7,9H,2-3,5-6H2,1H3. The van der Waals surface area contributed by atoms with Gasteiger partial charge in [-0.25, -0.2) is 4.98 Å². The second kappa shape index (κ2) is 5.88. The number of morpholine rings is 1. The highest BCUT2D eigenvalue weighted by atomic mass is 32.1. The summed E-state index contributed by atoms with van der Waals surface area (Å²) in [7, 11) is 1.35. The van der Waals surface area contributed by atoms with Gasteiger partial charge in [-0.2, -0.15) is 9.61 Å². The second-order valence-corrected chi connectivity index (χ2v) is 5.41. The van der Waals surface area contributed by atoms with Crippen molar-refractivity contribution in [3.63, 3.8) is 0 Å². The fraction of sp³-hybridized carbons (Fsp3) is 0.500. The number of nitrogens with zero attached hydrogens (tertiary/aromatic N) is 4. The molecule has 3 rings (SSSR count). The lowest BCUT2D eigenvalue weighted by molar-refractivity contribution is -0.153. The zero-order chi connectivity index (χ0) is 14.8. The first kappa shape index (κ1) is 14.1. The highest BCUT2D eigenvalue weighted by Gasteiger charge is 2.30. The maximum atomic E-state index is 11.9. The van der Waals surface area contributed by atoms with Crippen LogP contribution in [0.25, 0.3) is 4.96 Å². The molecule has 0 spiro atoms. The third-order valence-electron chi connectivity index (χ3n) is 3.32. The fourth-order valence-corrected chi connectivity index (χ4v) is 2.91. The SMILES string of the molecule is COC(=O)C1COCCN1Cc1cc(=O)n2ncsc2n1. The van der Waals surface area contributed by atoms with Gasteiger partial charge in [0.25, 0.3) is 5.56 Å². The molecule has 3 heterocycles. The summed E-state index contributed by atoms with van der Waals surface area (Å²) in [5.41, 5.74) is 1.96. The third-order valence-corrected chi connectivity index (χ3v) is 3.99. The van der Waals surface area contributed by atoms with Gasteiger partial charge >= 0.3 is 5.97 Å². The summed E-state index contributed by atoms with van der Waals surface area (Å²) in [6.07, 6.45) is 0. The number of hydrogen-bond acceptors (Lipinski definition) is 8. The molecule has 0 aliphatic carbocycles. The van der Waals surface area contributed by atoms with E-state index in [0.717, 1.165) is 0 Å². The van der Waals surface area contributed by atoms with E-state index in [9.17, 15) is 9.59 Å². The van der Waals surface area contributed by atoms with Gasteiger partial charge in [0.2, 0.25) is 4.96 Å². The van der Waals surface area contributed by atoms with E-state index in [1.54, 1.807) is 5.51 Å². The third kappa shape index (κ3) is 2.80. The van der Waals surface area contributed by atoms with Crippen LogP contribution in [0.15, 0.2) is 16.4 Å². The van der Waals surface area contributed by atoms with Gasteiger partial charge < -0.3 is 9.47 Å². The van der Waals surface area contributed by atoms with Crippen molar-refractivity contribution in [2.45, 2.75) is 12.6 Å². The Bertz CT molecular complexity index is 713. The van der Waals surface area contributed by atoms with E-state index in [4.69, 9.17) is 9.47 Å². The quantitative estimate of drug-likeness (QED) is 0.708. The first-order chi connectivity index (χ1) is 10.2. The lowest BCUT2D eigenvalue weighted by Crippen LogP contribution is -2.50. The largest absolute Gasteiger partial charge is 0.468 e. The molecule has 1 unspecified atom stereocenters. The van der Waals surface area contributed by atoms with Crippen molar-refractivity contribution in [2.75, 3.05) is 26.9 Å². The van der Waals surface area contributed by atoms with Crippen LogP contribution in [0.2, 0.25) is 0 Å². The minimum absolute atomic E-state index is 0.223. The maximum absolute atomic E-state index is 11.9. The second-order valence-electron chi connectivity index (χ2n) is 4.60. The topological polar surface area (TPSA) is 86.0 Å². The van der Waals surface area contributed by atoms with E-state index < -0.39 is 6.04 Å². The lowest BCUT2D eigenvalue weighted by atomic mass is 10.2. The van der Waals surface area contributed by atoms with Crippen LogP contribution in [-0.4, -0.2) is 58.4 Å². The molecule has 0 amide bonds. The van der Waals surface area contributed by atoms with Crippen molar-refractivity contribution in [2.24, 2.45) is 0 Å². The Labute approximate surface area is 123 Å². The number of ether oxygens (including phenoxy) is 2. The van der Waals surface area contributed by atoms with Crippen LogP contribution in [0.3, 0.4) is 0 Å². The molecule has 0 bridgehead atoms. The van der Waals surface area contributed by atoms with Crippen LogP contribution in [0.1, 0.15) is 5.69 Å². The average Bonchev–Trinajstić information content (AvgIpc) is 2.96. The van der Waals surface area contributed by atoms with Crippen LogP contribution in [0.4, 0.5) is 0 Å². The first-order valence-electron chi connectivity index (χ1n) is 6.41. The molecular formula is C12H14N4O4S. The molecule has 8 nitrogen and oxygen atoms in total. The van der Waals surface area contributed by atoms with Crippen LogP contribution in [0.5, 0.6) is 0 Å². The highest BCUT2D eigenvalue weighted by Crippen LogP contribution is 2.13. The lowest BCUT2D eigenvalue weighted by Gasteiger charge is -2.33. The average molecular weight is 310 g/mol. The van der Waals surface area contributed by atoms with Gasteiger partial charge in [0.15, 0.2) is 0 Å². The first-order valence-corrected chi connectivity index (χ1v) is 7.29. The Hall–Kier alpha value is -1.84. The molecule has 0 saturated carbocycles. The molecule has 2 aromatic heterocycles. The van der Waals surface area contributed by atoms with Gasteiger partial charge in [-0.15, -0.1) is 0 Å². The van der Waals surface area contributed by atoms with Gasteiger partial charge in [0.1, 0.15) is 11.6 Å². The monoisotopic (exact) mass is 310 g/mol. The fourth-order valence-electron chi connectivity index (χ4n) is 2.27. The van der Waals surface area contributed by atoms with E-state index >= 15 is 0 Å². The molecule has 1 fully saturated rings. The van der Waals surface area contributed by atoms with Gasteiger partial charge in [-0.05, 0) is 0 Å². The summed E-state index contributed by atoms with van der Waals surface area (Å²) in [4.78, 5) is 30.5. The number of rotatable bonds is 3. The van der Waals surface area contributed by atoms with Crippen LogP contribution in [0, 0.1) is 0 Å². The minimum atomic E-state index is -0.467. The molecule has 1 aliphatic rings. The molecule has 0 radical (unpaired) electrons. The van der Waals surface area contributed by atoms with Gasteiger partial charge in [0, 0.05) is 19.2 Å². The number of methoxy groups -OCH3 is 1. The van der Waals surface area contributed by atoms with Gasteiger partial charge in [-0.3, -0.25) is 14.5 Å². The van der Waals surface area contributed by atoms with E-state index in [1.165, 1.54) is 29.0 Å². The molecule has 2 aromatic rings. The van der Waals surface area contributed by atoms with Gasteiger partial charge in [0.05, 0.1) is 26.0 Å². The zero-order valence-corrected chi connectivity index (χ0v) is 12.2. The van der Waals surface area contributed by atoms with E-state index in [2.05, 4.69) is 10.1 Å². The molecule has 9 heteroatoms. The molecule has 112 valence electrons. The summed E-state index contributed by atoms with van der Waals surface area (Å²) < 4.78 is 11.4. The highest BCUT2D eigenvalue weighted by molar-refractivity contribution is 7.14. The maximum Gasteiger partial charge on any atom is 0.325 e. The number of carbonyl (C=O) groups excluding carboxylic acids is 1. The van der Waals surface area contributed by atoms with Crippen molar-refractivity contribution in [1.82, 2.24) is 19.5 Å². The predicted octanol–water partition coefficient (Wildman–Crippen LogP) is -0.475. The number of esters is 1. The van der Waals surface area contributed by atoms with Crippen molar-refractivity contribution in [3.05, 3.63) is 27.6 Å². The number of fused-ring (bicyclic) bond motifs is 1. The smallest absolute Gasteiger partial charge is 0.325 e. The summed E-state index contributed by atoms with van der Waals surface area (Å²) in [6.45, 7) is 1.81. The Morgan fingerprint density at radius 3 is 3.29 bits per heavy atom. The van der Waals surface area contributed by atoms with E-state index in [0.29, 0.717) is 30.4 Å². The van der Waals surface area contributed by atoms with Crippen molar-refractivity contribution in [3.8, 4) is 0 Å². The zero-order valence-electron chi connectivity index (χ0n) is 11.4. The number of hydrogen-bond donors (Lipinski definition) is 0. The van der Waals surface area contributed by atoms with Crippen LogP contribution < -0.4 is 5.56 Å². The van der Waals surface area contributed by atoms with Crippen LogP contribution >= 0.6 is 11.3 Å². The van der Waals surface area contributed by atoms with Gasteiger partial charge in [-0.1, -0.05) is 11.3 Å². The number of carbonyl (C=O) groups is 1. The molecule has 1 saturated heterocycles. The van der Waals surface area contributed by atoms with Crippen LogP contribution in [-0.2, 0) is 20.8 Å². The summed E-state index contributed by atoms with van der Waals surface area (Å²) >= 11 is 1.30.